The van der Waals surface area contributed by atoms with Gasteiger partial charge < -0.3 is 20.3 Å². The summed E-state index contributed by atoms with van der Waals surface area (Å²) in [5, 5.41) is -0.662. The van der Waals surface area contributed by atoms with E-state index in [2.05, 4.69) is 4.90 Å². The van der Waals surface area contributed by atoms with Crippen LogP contribution in [0.3, 0.4) is 0 Å². The molecule has 1 heterocycles. The molecule has 0 aliphatic carbocycles. The number of primary amides is 1. The standard InChI is InChI=1S/C21H40N4O4S/c1-6-9-17(26)23(4)21(30-15-8-10-25-11-13-29-14-12-25)20(28)24(5)18(19(22)27)16(3)7-2/h16,18,21H,6-15H2,1-5H3,(H2,22,27)/t16?,18-,21+/m0/s1. The highest BCUT2D eigenvalue weighted by atomic mass is 32.2. The number of morpholine rings is 1. The van der Waals surface area contributed by atoms with Gasteiger partial charge in [0.2, 0.25) is 11.8 Å². The number of hydrogen-bond acceptors (Lipinski definition) is 6. The van der Waals surface area contributed by atoms with E-state index in [0.717, 1.165) is 57.9 Å². The quantitative estimate of drug-likeness (QED) is 0.341. The molecule has 30 heavy (non-hydrogen) atoms. The van der Waals surface area contributed by atoms with Gasteiger partial charge in [-0.1, -0.05) is 27.2 Å². The van der Waals surface area contributed by atoms with Crippen molar-refractivity contribution in [3.63, 3.8) is 0 Å². The monoisotopic (exact) mass is 444 g/mol. The van der Waals surface area contributed by atoms with Crippen LogP contribution >= 0.6 is 11.8 Å². The molecule has 0 aromatic carbocycles. The predicted octanol–water partition coefficient (Wildman–Crippen LogP) is 1.38. The van der Waals surface area contributed by atoms with Crippen molar-refractivity contribution in [2.75, 3.05) is 52.7 Å². The lowest BCUT2D eigenvalue weighted by molar-refractivity contribution is -0.144. The maximum absolute atomic E-state index is 13.3. The molecule has 0 radical (unpaired) electrons. The third-order valence-corrected chi connectivity index (χ3v) is 7.02. The van der Waals surface area contributed by atoms with E-state index in [1.165, 1.54) is 21.6 Å². The fraction of sp³-hybridized carbons (Fsp3) is 0.857. The highest BCUT2D eigenvalue weighted by Gasteiger charge is 2.36. The van der Waals surface area contributed by atoms with Crippen LogP contribution in [0.15, 0.2) is 0 Å². The molecule has 8 nitrogen and oxygen atoms in total. The molecule has 1 saturated heterocycles. The van der Waals surface area contributed by atoms with Crippen LogP contribution in [0.1, 0.15) is 46.5 Å². The minimum Gasteiger partial charge on any atom is -0.379 e. The molecule has 0 saturated carbocycles. The van der Waals surface area contributed by atoms with Crippen LogP contribution in [-0.4, -0.2) is 96.5 Å². The fourth-order valence-electron chi connectivity index (χ4n) is 3.57. The SMILES string of the molecule is CCCC(=O)N(C)[C@H](SCCCN1CCOCC1)C(=O)N(C)[C@H](C(N)=O)C(C)CC. The number of carbonyl (C=O) groups is 3. The topological polar surface area (TPSA) is 96.2 Å². The lowest BCUT2D eigenvalue weighted by Gasteiger charge is -2.35. The van der Waals surface area contributed by atoms with Crippen LogP contribution in [0.5, 0.6) is 0 Å². The zero-order chi connectivity index (χ0) is 22.7. The van der Waals surface area contributed by atoms with Gasteiger partial charge in [-0.2, -0.15) is 0 Å². The van der Waals surface area contributed by atoms with Crippen LogP contribution in [0.2, 0.25) is 0 Å². The first-order chi connectivity index (χ1) is 14.2. The molecular formula is C21H40N4O4S. The van der Waals surface area contributed by atoms with Gasteiger partial charge >= 0.3 is 0 Å². The molecule has 9 heteroatoms. The predicted molar refractivity (Wildman–Crippen MR) is 121 cm³/mol. The zero-order valence-electron chi connectivity index (χ0n) is 19.3. The van der Waals surface area contributed by atoms with E-state index < -0.39 is 17.3 Å². The third kappa shape index (κ3) is 8.07. The molecule has 1 unspecified atom stereocenters. The van der Waals surface area contributed by atoms with Crippen LogP contribution < -0.4 is 5.73 Å². The van der Waals surface area contributed by atoms with Gasteiger partial charge in [0, 0.05) is 33.6 Å². The second-order valence-electron chi connectivity index (χ2n) is 7.97. The van der Waals surface area contributed by atoms with Crippen molar-refractivity contribution in [3.05, 3.63) is 0 Å². The molecule has 1 aliphatic rings. The molecule has 3 amide bonds. The maximum atomic E-state index is 13.3. The molecular weight excluding hydrogens is 404 g/mol. The number of amides is 3. The van der Waals surface area contributed by atoms with Gasteiger partial charge in [0.15, 0.2) is 5.37 Å². The second-order valence-corrected chi connectivity index (χ2v) is 9.16. The molecule has 1 fully saturated rings. The molecule has 174 valence electrons. The summed E-state index contributed by atoms with van der Waals surface area (Å²) in [6.45, 7) is 10.1. The van der Waals surface area contributed by atoms with E-state index >= 15 is 0 Å². The maximum Gasteiger partial charge on any atom is 0.256 e. The Morgan fingerprint density at radius 2 is 1.77 bits per heavy atom. The first-order valence-corrected chi connectivity index (χ1v) is 12.0. The summed E-state index contributed by atoms with van der Waals surface area (Å²) < 4.78 is 5.37. The van der Waals surface area contributed by atoms with Crippen molar-refractivity contribution in [2.24, 2.45) is 11.7 Å². The lowest BCUT2D eigenvalue weighted by atomic mass is 9.97. The lowest BCUT2D eigenvalue weighted by Crippen LogP contribution is -2.55. The average molecular weight is 445 g/mol. The van der Waals surface area contributed by atoms with Crippen molar-refractivity contribution in [1.29, 1.82) is 0 Å². The molecule has 0 bridgehead atoms. The summed E-state index contributed by atoms with van der Waals surface area (Å²) in [5.74, 6) is -0.138. The Kier molecular flexibility index (Phi) is 12.4. The largest absolute Gasteiger partial charge is 0.379 e. The van der Waals surface area contributed by atoms with E-state index in [4.69, 9.17) is 10.5 Å². The van der Waals surface area contributed by atoms with Gasteiger partial charge in [0.05, 0.1) is 13.2 Å². The highest BCUT2D eigenvalue weighted by Crippen LogP contribution is 2.23. The average Bonchev–Trinajstić information content (AvgIpc) is 2.73. The van der Waals surface area contributed by atoms with Gasteiger partial charge in [-0.15, -0.1) is 11.8 Å². The molecule has 1 aliphatic heterocycles. The molecule has 2 N–H and O–H groups in total. The van der Waals surface area contributed by atoms with Crippen molar-refractivity contribution >= 4 is 29.5 Å². The molecule has 0 aromatic heterocycles. The summed E-state index contributed by atoms with van der Waals surface area (Å²) in [7, 11) is 3.29. The van der Waals surface area contributed by atoms with Crippen LogP contribution in [0.4, 0.5) is 0 Å². The van der Waals surface area contributed by atoms with Crippen LogP contribution in [-0.2, 0) is 19.1 Å². The first kappa shape index (κ1) is 26.7. The van der Waals surface area contributed by atoms with E-state index in [9.17, 15) is 14.4 Å². The molecule has 3 atom stereocenters. The normalized spacial score (nSPS) is 17.8. The van der Waals surface area contributed by atoms with Gasteiger partial charge in [-0.05, 0) is 31.1 Å². The summed E-state index contributed by atoms with van der Waals surface area (Å²) in [4.78, 5) is 43.2. The Hall–Kier alpha value is -1.32. The van der Waals surface area contributed by atoms with Gasteiger partial charge in [-0.3, -0.25) is 19.3 Å². The number of thioether (sulfide) groups is 1. The summed E-state index contributed by atoms with van der Waals surface area (Å²) >= 11 is 1.46. The van der Waals surface area contributed by atoms with E-state index in [-0.39, 0.29) is 17.7 Å². The number of rotatable bonds is 13. The Morgan fingerprint density at radius 1 is 1.13 bits per heavy atom. The molecule has 0 spiro atoms. The van der Waals surface area contributed by atoms with Crippen molar-refractivity contribution in [2.45, 2.75) is 57.9 Å². The minimum absolute atomic E-state index is 0.0555. The number of nitrogens with zero attached hydrogens (tertiary/aromatic N) is 3. The Labute approximate surface area is 185 Å². The van der Waals surface area contributed by atoms with Crippen LogP contribution in [0, 0.1) is 5.92 Å². The highest BCUT2D eigenvalue weighted by molar-refractivity contribution is 8.00. The van der Waals surface area contributed by atoms with Crippen molar-refractivity contribution in [1.82, 2.24) is 14.7 Å². The zero-order valence-corrected chi connectivity index (χ0v) is 20.1. The van der Waals surface area contributed by atoms with E-state index in [1.54, 1.807) is 14.1 Å². The molecule has 1 rings (SSSR count). The smallest absolute Gasteiger partial charge is 0.256 e. The van der Waals surface area contributed by atoms with E-state index in [0.29, 0.717) is 6.42 Å². The Balaban J connectivity index is 2.83. The Morgan fingerprint density at radius 3 is 2.30 bits per heavy atom. The van der Waals surface area contributed by atoms with E-state index in [1.807, 2.05) is 20.8 Å². The van der Waals surface area contributed by atoms with Gasteiger partial charge in [0.25, 0.3) is 5.91 Å². The van der Waals surface area contributed by atoms with Gasteiger partial charge in [0.1, 0.15) is 6.04 Å². The summed E-state index contributed by atoms with van der Waals surface area (Å²) in [6.07, 6.45) is 2.76. The first-order valence-electron chi connectivity index (χ1n) is 11.0. The number of carbonyl (C=O) groups excluding carboxylic acids is 3. The number of likely N-dealkylation sites (N-methyl/N-ethyl adjacent to an activating group) is 2. The van der Waals surface area contributed by atoms with Gasteiger partial charge in [-0.25, -0.2) is 0 Å². The third-order valence-electron chi connectivity index (χ3n) is 5.66. The number of ether oxygens (including phenoxy) is 1. The minimum atomic E-state index is -0.686. The van der Waals surface area contributed by atoms with Crippen LogP contribution in [0.25, 0.3) is 0 Å². The van der Waals surface area contributed by atoms with Crippen molar-refractivity contribution < 1.29 is 19.1 Å². The fourth-order valence-corrected chi connectivity index (χ4v) is 4.73. The summed E-state index contributed by atoms with van der Waals surface area (Å²) in [5.41, 5.74) is 5.60. The summed E-state index contributed by atoms with van der Waals surface area (Å²) in [6, 6.07) is -0.686. The van der Waals surface area contributed by atoms with Crippen molar-refractivity contribution in [3.8, 4) is 0 Å². The Bertz CT molecular complexity index is 557. The number of nitrogens with two attached hydrogens (primary N) is 1. The molecule has 0 aromatic rings. The second kappa shape index (κ2) is 13.9. The number of hydrogen-bond donors (Lipinski definition) is 1.